The van der Waals surface area contributed by atoms with E-state index in [1.54, 1.807) is 11.8 Å². The van der Waals surface area contributed by atoms with Crippen LogP contribution in [0.2, 0.25) is 0 Å². The Balaban J connectivity index is 0.000000161. The van der Waals surface area contributed by atoms with E-state index in [-0.39, 0.29) is 58.3 Å². The number of carbonyl (C=O) groups is 3. The van der Waals surface area contributed by atoms with Crippen molar-refractivity contribution in [3.63, 3.8) is 0 Å². The van der Waals surface area contributed by atoms with Crippen molar-refractivity contribution in [1.82, 2.24) is 0 Å². The minimum Gasteiger partial charge on any atom is -0.743 e. The largest absolute Gasteiger partial charge is 0.743 e. The number of rotatable bonds is 24. The van der Waals surface area contributed by atoms with Gasteiger partial charge in [-0.05, 0) is 126 Å². The first-order valence-electron chi connectivity index (χ1n) is 35.0. The number of halogens is 9. The average molecular weight is 1510 g/mol. The normalized spacial score (nSPS) is 36.2. The summed E-state index contributed by atoms with van der Waals surface area (Å²) in [6.07, 6.45) is 5.21. The molecule has 18 unspecified atom stereocenters. The zero-order chi connectivity index (χ0) is 72.7. The van der Waals surface area contributed by atoms with Crippen LogP contribution in [0.4, 0.5) is 39.5 Å². The summed E-state index contributed by atoms with van der Waals surface area (Å²) >= 11 is 1.57. The van der Waals surface area contributed by atoms with Crippen LogP contribution in [0.15, 0.2) is 0 Å². The van der Waals surface area contributed by atoms with Crippen LogP contribution in [0, 0.1) is 65.1 Å². The number of aliphatic hydroxyl groups is 6. The summed E-state index contributed by atoms with van der Waals surface area (Å²) < 4.78 is 237. The topological polar surface area (TPSA) is 381 Å². The van der Waals surface area contributed by atoms with Crippen LogP contribution in [-0.2, 0) is 63.7 Å². The predicted molar refractivity (Wildman–Crippen MR) is 327 cm³/mol. The van der Waals surface area contributed by atoms with Crippen molar-refractivity contribution in [2.45, 2.75) is 290 Å². The molecule has 4 heterocycles. The lowest BCUT2D eigenvalue weighted by atomic mass is 9.60. The molecule has 22 nitrogen and oxygen atoms in total. The van der Waals surface area contributed by atoms with Crippen molar-refractivity contribution in [3.05, 3.63) is 0 Å². The van der Waals surface area contributed by atoms with Gasteiger partial charge in [0.05, 0.1) is 83.4 Å². The zero-order valence-electron chi connectivity index (χ0n) is 54.7. The summed E-state index contributed by atoms with van der Waals surface area (Å²) in [5.74, 6) is -6.03. The van der Waals surface area contributed by atoms with E-state index in [0.717, 1.165) is 77.0 Å². The summed E-state index contributed by atoms with van der Waals surface area (Å²) in [5, 5.41) is 52.9. The van der Waals surface area contributed by atoms with Crippen LogP contribution < -0.4 is 0 Å². The van der Waals surface area contributed by atoms with E-state index < -0.39 is 191 Å². The second-order valence-corrected chi connectivity index (χ2v) is 36.6. The van der Waals surface area contributed by atoms with Gasteiger partial charge in [0.2, 0.25) is 0 Å². The molecule has 0 radical (unpaired) electrons. The van der Waals surface area contributed by atoms with Crippen molar-refractivity contribution < 1.29 is 142 Å². The number of alkyl halides is 9. The zero-order valence-corrected chi connectivity index (χ0v) is 57.9. The molecule has 99 heavy (non-hydrogen) atoms. The molecule has 0 aromatic rings. The number of hydrogen-bond donors (Lipinski definition) is 6. The summed E-state index contributed by atoms with van der Waals surface area (Å²) in [6, 6.07) is 0. The van der Waals surface area contributed by atoms with Crippen LogP contribution in [0.3, 0.4) is 0 Å². The van der Waals surface area contributed by atoms with E-state index in [9.17, 15) is 123 Å². The average Bonchev–Trinajstić information content (AvgIpc) is 1.57. The standard InChI is InChI=1S/C22H33F3O7S.C21H31F3O8S.C21H31F3O7S2/c23-16(22(24,25)33(29,30)31)5-10-32-19(26)15-12-13-11-14(15)18(21(28)8-3-4-9-21)17(13)20(27)6-1-2-7-20;2*22-14(21(23,24)33(28,29)30)5-10-31-18(25)12-11-13-15(19(26)6-1-2-7-19)16(17(12)32-13)20(27)8-3-4-9-20/h13-18,27-28H,1-12H2,(H,29,30,31);2*12-17,26-27H,1-11H2,(H,28,29,30)/p-3. The Labute approximate surface area is 574 Å². The molecule has 12 fully saturated rings. The van der Waals surface area contributed by atoms with E-state index in [1.807, 2.05) is 0 Å². The van der Waals surface area contributed by atoms with Gasteiger partial charge in [0.25, 0.3) is 0 Å². The molecule has 0 aromatic carbocycles. The van der Waals surface area contributed by atoms with Gasteiger partial charge in [-0.2, -0.15) is 38.1 Å². The van der Waals surface area contributed by atoms with Gasteiger partial charge in [0.1, 0.15) is 0 Å². The predicted octanol–water partition coefficient (Wildman–Crippen LogP) is 7.66. The fourth-order valence-electron chi connectivity index (χ4n) is 20.7. The van der Waals surface area contributed by atoms with Gasteiger partial charge in [-0.25, -0.2) is 38.4 Å². The van der Waals surface area contributed by atoms with E-state index in [0.29, 0.717) is 96.3 Å². The summed E-state index contributed by atoms with van der Waals surface area (Å²) in [7, 11) is -18.5. The molecule has 6 bridgehead atoms. The lowest BCUT2D eigenvalue weighted by Gasteiger charge is -2.48. The fourth-order valence-corrected chi connectivity index (χ4v) is 24.3. The number of fused-ring (bicyclic) bond motifs is 6. The van der Waals surface area contributed by atoms with E-state index in [2.05, 4.69) is 0 Å². The lowest BCUT2D eigenvalue weighted by molar-refractivity contribution is -0.164. The Kier molecular flexibility index (Phi) is 23.2. The molecule has 0 spiro atoms. The number of ether oxygens (including phenoxy) is 4. The van der Waals surface area contributed by atoms with Gasteiger partial charge in [0.15, 0.2) is 48.9 Å². The summed E-state index contributed by atoms with van der Waals surface area (Å²) in [6.45, 7) is -2.39. The molecular weight excluding hydrogens is 1420 g/mol. The maximum absolute atomic E-state index is 13.7. The molecule has 12 rings (SSSR count). The molecule has 0 aromatic heterocycles. The maximum Gasteiger partial charge on any atom is 0.364 e. The van der Waals surface area contributed by atoms with Gasteiger partial charge in [0, 0.05) is 53.4 Å². The first-order chi connectivity index (χ1) is 45.9. The first kappa shape index (κ1) is 79.2. The maximum atomic E-state index is 13.7. The van der Waals surface area contributed by atoms with Gasteiger partial charge < -0.3 is 63.2 Å². The van der Waals surface area contributed by atoms with Gasteiger partial charge in [-0.1, -0.05) is 77.0 Å². The van der Waals surface area contributed by atoms with Crippen LogP contribution in [0.1, 0.15) is 199 Å². The fraction of sp³-hybridized carbons (Fsp3) is 0.953. The minimum absolute atomic E-state index is 0.0362. The molecule has 6 N–H and O–H groups in total. The Morgan fingerprint density at radius 2 is 0.737 bits per heavy atom. The molecule has 8 aliphatic carbocycles. The number of esters is 3. The van der Waals surface area contributed by atoms with Gasteiger partial charge >= 0.3 is 33.7 Å². The highest BCUT2D eigenvalue weighted by Gasteiger charge is 2.70. The van der Waals surface area contributed by atoms with E-state index in [4.69, 9.17) is 18.9 Å². The summed E-state index contributed by atoms with van der Waals surface area (Å²) in [4.78, 5) is 38.2. The van der Waals surface area contributed by atoms with Crippen molar-refractivity contribution >= 4 is 60.0 Å². The molecular formula is C64H92F9O22S4-3. The Morgan fingerprint density at radius 1 is 0.424 bits per heavy atom. The Hall–Kier alpha value is -2.42. The molecule has 4 aliphatic heterocycles. The molecule has 8 saturated carbocycles. The van der Waals surface area contributed by atoms with E-state index >= 15 is 0 Å². The second kappa shape index (κ2) is 29.0. The smallest absolute Gasteiger partial charge is 0.364 e. The molecule has 570 valence electrons. The monoisotopic (exact) mass is 1510 g/mol. The molecule has 4 saturated heterocycles. The van der Waals surface area contributed by atoms with Crippen LogP contribution in [0.5, 0.6) is 0 Å². The van der Waals surface area contributed by atoms with Crippen LogP contribution in [-0.4, -0.2) is 198 Å². The van der Waals surface area contributed by atoms with E-state index in [1.165, 1.54) is 0 Å². The van der Waals surface area contributed by atoms with Crippen molar-refractivity contribution in [2.75, 3.05) is 19.8 Å². The Bertz CT molecular complexity index is 2890. The second-order valence-electron chi connectivity index (χ2n) is 30.8. The van der Waals surface area contributed by atoms with Gasteiger partial charge in [-0.3, -0.25) is 14.4 Å². The lowest BCUT2D eigenvalue weighted by Crippen LogP contribution is -2.56. The third-order valence-corrected chi connectivity index (χ3v) is 29.6. The highest BCUT2D eigenvalue weighted by atomic mass is 32.2. The van der Waals surface area contributed by atoms with Crippen LogP contribution >= 0.6 is 11.8 Å². The van der Waals surface area contributed by atoms with Crippen molar-refractivity contribution in [1.29, 1.82) is 0 Å². The Morgan fingerprint density at radius 3 is 1.11 bits per heavy atom. The van der Waals surface area contributed by atoms with Crippen LogP contribution in [0.25, 0.3) is 0 Å². The third kappa shape index (κ3) is 15.2. The van der Waals surface area contributed by atoms with Crippen molar-refractivity contribution in [2.24, 2.45) is 65.1 Å². The number of carbonyl (C=O) groups excluding carboxylic acids is 3. The first-order valence-corrected chi connectivity index (χ1v) is 40.1. The quantitative estimate of drug-likeness (QED) is 0.0234. The molecule has 12 aliphatic rings. The van der Waals surface area contributed by atoms with Crippen molar-refractivity contribution in [3.8, 4) is 0 Å². The minimum atomic E-state index is -6.19. The summed E-state index contributed by atoms with van der Waals surface area (Å²) in [5.41, 5.74) is -5.74. The number of hydrogen-bond acceptors (Lipinski definition) is 23. The molecule has 18 atom stereocenters. The number of thioether (sulfide) groups is 1. The molecule has 0 amide bonds. The van der Waals surface area contributed by atoms with Gasteiger partial charge in [-0.15, -0.1) is 0 Å². The SMILES string of the molecule is O=C(OCCC(F)C(F)(F)S(=O)(=O)[O-])C1CC2CC1C(C1(O)CCCC1)C2C1(O)CCCC1.O=C(OCCC(F)C(F)(F)S(=O)(=O)[O-])C1CC2OC1C(C1(O)CCCC1)C2C1(O)CCCC1.O=C(OCCC(F)C(F)(F)S(=O)(=O)[O-])C1CC2SC1C(C1(O)CCCC1)C2C1(O)CCCC1. The third-order valence-electron chi connectivity index (χ3n) is 25.1. The highest BCUT2D eigenvalue weighted by molar-refractivity contribution is 8.01. The highest BCUT2D eigenvalue weighted by Crippen LogP contribution is 2.68. The molecule has 35 heteroatoms.